The normalized spacial score (nSPS) is 36.6. The molecule has 2 aliphatic rings. The van der Waals surface area contributed by atoms with Gasteiger partial charge in [-0.25, -0.2) is 0 Å². The zero-order chi connectivity index (χ0) is 15.3. The van der Waals surface area contributed by atoms with E-state index in [2.05, 4.69) is 12.2 Å². The molecule has 0 aliphatic heterocycles. The fraction of sp³-hybridized carbons (Fsp3) is 0.941. The van der Waals surface area contributed by atoms with Crippen LogP contribution in [0.1, 0.15) is 58.3 Å². The minimum atomic E-state index is -0.490. The Bertz CT molecular complexity index is 347. The van der Waals surface area contributed by atoms with Crippen LogP contribution in [0, 0.1) is 11.8 Å². The summed E-state index contributed by atoms with van der Waals surface area (Å²) < 4.78 is 11.2. The molecule has 0 aromatic carbocycles. The van der Waals surface area contributed by atoms with Gasteiger partial charge in [-0.15, -0.1) is 0 Å². The Kier molecular flexibility index (Phi) is 6.06. The van der Waals surface area contributed by atoms with E-state index in [-0.39, 0.29) is 5.97 Å². The number of carbonyl (C=O) groups is 1. The lowest BCUT2D eigenvalue weighted by molar-refractivity contribution is -0.150. The lowest BCUT2D eigenvalue weighted by Gasteiger charge is -2.33. The summed E-state index contributed by atoms with van der Waals surface area (Å²) in [6, 6.07) is 0. The Morgan fingerprint density at radius 3 is 2.67 bits per heavy atom. The van der Waals surface area contributed by atoms with Gasteiger partial charge in [0.2, 0.25) is 0 Å². The third-order valence-electron chi connectivity index (χ3n) is 5.65. The molecule has 4 unspecified atom stereocenters. The van der Waals surface area contributed by atoms with Crippen LogP contribution in [0.5, 0.6) is 0 Å². The third kappa shape index (κ3) is 3.59. The molecule has 4 heteroatoms. The highest BCUT2D eigenvalue weighted by Crippen LogP contribution is 2.39. The molecule has 0 bridgehead atoms. The average Bonchev–Trinajstić information content (AvgIpc) is 2.92. The highest BCUT2D eigenvalue weighted by molar-refractivity contribution is 5.81. The second-order valence-electron chi connectivity index (χ2n) is 6.76. The van der Waals surface area contributed by atoms with Crippen molar-refractivity contribution >= 4 is 5.97 Å². The van der Waals surface area contributed by atoms with Gasteiger partial charge in [0.15, 0.2) is 0 Å². The number of ether oxygens (including phenoxy) is 2. The van der Waals surface area contributed by atoms with Crippen LogP contribution in [-0.4, -0.2) is 38.4 Å². The Morgan fingerprint density at radius 1 is 1.24 bits per heavy atom. The van der Waals surface area contributed by atoms with Gasteiger partial charge in [0, 0.05) is 6.61 Å². The van der Waals surface area contributed by atoms with E-state index in [9.17, 15) is 4.79 Å². The summed E-state index contributed by atoms with van der Waals surface area (Å²) >= 11 is 0. The monoisotopic (exact) mass is 297 g/mol. The van der Waals surface area contributed by atoms with Crippen molar-refractivity contribution in [3.63, 3.8) is 0 Å². The molecule has 1 N–H and O–H groups in total. The van der Waals surface area contributed by atoms with E-state index in [4.69, 9.17) is 9.47 Å². The molecule has 0 heterocycles. The second kappa shape index (κ2) is 7.59. The molecular weight excluding hydrogens is 266 g/mol. The maximum atomic E-state index is 12.2. The van der Waals surface area contributed by atoms with Gasteiger partial charge in [-0.2, -0.15) is 0 Å². The van der Waals surface area contributed by atoms with E-state index in [1.54, 1.807) is 0 Å². The van der Waals surface area contributed by atoms with Gasteiger partial charge < -0.3 is 14.8 Å². The predicted octanol–water partition coefficient (Wildman–Crippen LogP) is 2.90. The van der Waals surface area contributed by atoms with Crippen molar-refractivity contribution in [2.45, 2.75) is 69.9 Å². The number of hydrogen-bond acceptors (Lipinski definition) is 4. The lowest BCUT2D eigenvalue weighted by Crippen LogP contribution is -2.54. The molecule has 0 saturated heterocycles. The average molecular weight is 297 g/mol. The summed E-state index contributed by atoms with van der Waals surface area (Å²) in [4.78, 5) is 12.2. The number of esters is 1. The summed E-state index contributed by atoms with van der Waals surface area (Å²) in [6.07, 6.45) is 9.52. The fourth-order valence-corrected chi connectivity index (χ4v) is 4.24. The highest BCUT2D eigenvalue weighted by Gasteiger charge is 2.48. The zero-order valence-corrected chi connectivity index (χ0v) is 13.8. The van der Waals surface area contributed by atoms with Crippen LogP contribution in [0.15, 0.2) is 0 Å². The number of rotatable bonds is 6. The van der Waals surface area contributed by atoms with Gasteiger partial charge in [-0.1, -0.05) is 26.2 Å². The first kappa shape index (κ1) is 16.8. The fourth-order valence-electron chi connectivity index (χ4n) is 4.24. The van der Waals surface area contributed by atoms with Crippen molar-refractivity contribution < 1.29 is 14.3 Å². The van der Waals surface area contributed by atoms with E-state index in [0.717, 1.165) is 32.3 Å². The number of nitrogens with one attached hydrogen (secondary N) is 1. The quantitative estimate of drug-likeness (QED) is 0.766. The van der Waals surface area contributed by atoms with E-state index >= 15 is 0 Å². The highest BCUT2D eigenvalue weighted by atomic mass is 16.5. The van der Waals surface area contributed by atoms with Gasteiger partial charge in [0.05, 0.1) is 13.2 Å². The van der Waals surface area contributed by atoms with Gasteiger partial charge in [-0.05, 0) is 51.0 Å². The van der Waals surface area contributed by atoms with E-state index in [1.807, 2.05) is 7.05 Å². The number of hydrogen-bond donors (Lipinski definition) is 1. The van der Waals surface area contributed by atoms with Crippen molar-refractivity contribution in [1.29, 1.82) is 0 Å². The third-order valence-corrected chi connectivity index (χ3v) is 5.65. The largest absolute Gasteiger partial charge is 0.468 e. The van der Waals surface area contributed by atoms with Crippen LogP contribution in [0.25, 0.3) is 0 Å². The smallest absolute Gasteiger partial charge is 0.326 e. The molecule has 2 aliphatic carbocycles. The Morgan fingerprint density at radius 2 is 2.00 bits per heavy atom. The zero-order valence-electron chi connectivity index (χ0n) is 13.8. The maximum absolute atomic E-state index is 12.2. The van der Waals surface area contributed by atoms with Gasteiger partial charge in [-0.3, -0.25) is 4.79 Å². The van der Waals surface area contributed by atoms with Crippen molar-refractivity contribution in [2.24, 2.45) is 11.8 Å². The molecule has 122 valence electrons. The first-order valence-corrected chi connectivity index (χ1v) is 8.53. The Hall–Kier alpha value is -0.610. The summed E-state index contributed by atoms with van der Waals surface area (Å²) in [5, 5.41) is 3.25. The van der Waals surface area contributed by atoms with Crippen LogP contribution in [0.2, 0.25) is 0 Å². The van der Waals surface area contributed by atoms with Gasteiger partial charge in [0.1, 0.15) is 5.54 Å². The molecule has 4 atom stereocenters. The van der Waals surface area contributed by atoms with Crippen LogP contribution in [0.4, 0.5) is 0 Å². The van der Waals surface area contributed by atoms with Gasteiger partial charge >= 0.3 is 5.97 Å². The molecule has 2 saturated carbocycles. The molecule has 4 nitrogen and oxygen atoms in total. The van der Waals surface area contributed by atoms with E-state index in [0.29, 0.717) is 17.9 Å². The van der Waals surface area contributed by atoms with Gasteiger partial charge in [0.25, 0.3) is 0 Å². The maximum Gasteiger partial charge on any atom is 0.326 e. The summed E-state index contributed by atoms with van der Waals surface area (Å²) in [5.41, 5.74) is -0.490. The molecule has 0 radical (unpaired) electrons. The predicted molar refractivity (Wildman–Crippen MR) is 83.1 cm³/mol. The summed E-state index contributed by atoms with van der Waals surface area (Å²) in [5.74, 6) is 0.893. The second-order valence-corrected chi connectivity index (χ2v) is 6.76. The number of carbonyl (C=O) groups excluding carboxylic acids is 1. The van der Waals surface area contributed by atoms with E-state index < -0.39 is 5.54 Å². The van der Waals surface area contributed by atoms with Crippen LogP contribution < -0.4 is 5.32 Å². The minimum Gasteiger partial charge on any atom is -0.468 e. The molecule has 0 spiro atoms. The Balaban J connectivity index is 1.85. The molecule has 21 heavy (non-hydrogen) atoms. The topological polar surface area (TPSA) is 47.6 Å². The standard InChI is InChI=1S/C17H31NO3/c1-13-7-4-5-9-15(13)21-12-10-14-8-6-11-17(14,18-2)16(19)20-3/h13-15,18H,4-12H2,1-3H3. The molecule has 0 aromatic rings. The molecule has 0 aromatic heterocycles. The molecule has 2 fully saturated rings. The molecular formula is C17H31NO3. The van der Waals surface area contributed by atoms with Crippen LogP contribution in [0.3, 0.4) is 0 Å². The minimum absolute atomic E-state index is 0.112. The first-order chi connectivity index (χ1) is 10.1. The Labute approximate surface area is 129 Å². The van der Waals surface area contributed by atoms with Crippen molar-refractivity contribution in [3.05, 3.63) is 0 Å². The molecule has 2 rings (SSSR count). The summed E-state index contributed by atoms with van der Waals surface area (Å²) in [6.45, 7) is 3.06. The molecule has 0 amide bonds. The first-order valence-electron chi connectivity index (χ1n) is 8.53. The van der Waals surface area contributed by atoms with Crippen molar-refractivity contribution in [2.75, 3.05) is 20.8 Å². The SMILES string of the molecule is CNC1(C(=O)OC)CCCC1CCOC1CCCCC1C. The van der Waals surface area contributed by atoms with Crippen molar-refractivity contribution in [1.82, 2.24) is 5.32 Å². The van der Waals surface area contributed by atoms with Crippen molar-refractivity contribution in [3.8, 4) is 0 Å². The summed E-state index contributed by atoms with van der Waals surface area (Å²) in [7, 11) is 3.36. The van der Waals surface area contributed by atoms with Crippen LogP contribution >= 0.6 is 0 Å². The van der Waals surface area contributed by atoms with Crippen LogP contribution in [-0.2, 0) is 14.3 Å². The van der Waals surface area contributed by atoms with E-state index in [1.165, 1.54) is 32.8 Å². The number of likely N-dealkylation sites (N-methyl/N-ethyl adjacent to an activating group) is 1. The number of methoxy groups -OCH3 is 1. The lowest BCUT2D eigenvalue weighted by atomic mass is 9.84.